The summed E-state index contributed by atoms with van der Waals surface area (Å²) in [6.45, 7) is 2.19. The number of thiazole rings is 1. The van der Waals surface area contributed by atoms with E-state index in [1.165, 1.54) is 11.3 Å². The molecule has 0 saturated carbocycles. The van der Waals surface area contributed by atoms with Crippen LogP contribution < -0.4 is 21.5 Å². The van der Waals surface area contributed by atoms with Crippen LogP contribution in [-0.2, 0) is 11.3 Å². The first-order valence-electron chi connectivity index (χ1n) is 7.60. The molecule has 0 aliphatic heterocycles. The van der Waals surface area contributed by atoms with Gasteiger partial charge in [-0.25, -0.2) is 4.98 Å². The number of hydrogen-bond donors (Lipinski definition) is 4. The van der Waals surface area contributed by atoms with Crippen LogP contribution in [0.1, 0.15) is 12.7 Å². The summed E-state index contributed by atoms with van der Waals surface area (Å²) in [6.07, 6.45) is 1.59. The number of rotatable bonds is 5. The Labute approximate surface area is 153 Å². The second-order valence-corrected chi connectivity index (χ2v) is 6.67. The number of nitrogens with zero attached hydrogens (tertiary/aromatic N) is 1. The number of thiocarbonyl (C=S) groups is 1. The van der Waals surface area contributed by atoms with Crippen LogP contribution in [0.4, 0.5) is 5.13 Å². The molecule has 0 unspecified atom stereocenters. The smallest absolute Gasteiger partial charge is 0.260 e. The van der Waals surface area contributed by atoms with Crippen LogP contribution in [0.15, 0.2) is 47.1 Å². The number of anilines is 1. The van der Waals surface area contributed by atoms with Crippen molar-refractivity contribution in [3.63, 3.8) is 0 Å². The normalized spacial score (nSPS) is 11.7. The van der Waals surface area contributed by atoms with E-state index >= 15 is 0 Å². The van der Waals surface area contributed by atoms with Crippen molar-refractivity contribution in [1.82, 2.24) is 21.2 Å². The van der Waals surface area contributed by atoms with Gasteiger partial charge in [-0.3, -0.25) is 15.6 Å². The average Bonchev–Trinajstić information content (AvgIpc) is 3.26. The van der Waals surface area contributed by atoms with Crippen molar-refractivity contribution in [2.75, 3.05) is 5.32 Å². The molecule has 25 heavy (non-hydrogen) atoms. The summed E-state index contributed by atoms with van der Waals surface area (Å²) >= 11 is 6.60. The summed E-state index contributed by atoms with van der Waals surface area (Å²) in [5, 5.41) is 7.01. The maximum absolute atomic E-state index is 12.1. The standard InChI is InChI=1S/C16H17N5O2S2/c1-10(18-16-19-12-6-2-3-7-13(12)25-16)14(22)20-21-15(24)17-9-11-5-4-8-23-11/h2-8,10H,9H2,1H3,(H,18,19)(H,20,22)(H2,17,21,24)/t10-/m1/s1. The van der Waals surface area contributed by atoms with E-state index in [0.717, 1.165) is 16.0 Å². The molecular weight excluding hydrogens is 358 g/mol. The predicted molar refractivity (Wildman–Crippen MR) is 102 cm³/mol. The van der Waals surface area contributed by atoms with Gasteiger partial charge in [0.2, 0.25) is 0 Å². The molecule has 3 aromatic rings. The molecule has 1 atom stereocenters. The number of hydrazine groups is 1. The minimum Gasteiger partial charge on any atom is -0.467 e. The Morgan fingerprint density at radius 1 is 1.28 bits per heavy atom. The van der Waals surface area contributed by atoms with E-state index in [1.54, 1.807) is 19.3 Å². The first-order valence-corrected chi connectivity index (χ1v) is 8.82. The van der Waals surface area contributed by atoms with E-state index in [2.05, 4.69) is 26.5 Å². The molecule has 130 valence electrons. The first-order chi connectivity index (χ1) is 12.1. The fourth-order valence-electron chi connectivity index (χ4n) is 2.04. The second kappa shape index (κ2) is 7.95. The number of nitrogens with one attached hydrogen (secondary N) is 4. The van der Waals surface area contributed by atoms with Crippen molar-refractivity contribution in [2.45, 2.75) is 19.5 Å². The van der Waals surface area contributed by atoms with Gasteiger partial charge in [-0.15, -0.1) is 0 Å². The molecular formula is C16H17N5O2S2. The minimum absolute atomic E-state index is 0.249. The fourth-order valence-corrected chi connectivity index (χ4v) is 3.11. The maximum Gasteiger partial charge on any atom is 0.260 e. The van der Waals surface area contributed by atoms with Crippen molar-refractivity contribution in [3.05, 3.63) is 48.4 Å². The lowest BCUT2D eigenvalue weighted by Gasteiger charge is -2.15. The summed E-state index contributed by atoms with van der Waals surface area (Å²) in [6, 6.07) is 11.0. The lowest BCUT2D eigenvalue weighted by atomic mass is 10.3. The van der Waals surface area contributed by atoms with Gasteiger partial charge in [-0.05, 0) is 43.4 Å². The van der Waals surface area contributed by atoms with E-state index < -0.39 is 6.04 Å². The molecule has 0 aliphatic rings. The van der Waals surface area contributed by atoms with Gasteiger partial charge < -0.3 is 15.1 Å². The summed E-state index contributed by atoms with van der Waals surface area (Å²) in [5.41, 5.74) is 6.12. The Morgan fingerprint density at radius 3 is 2.88 bits per heavy atom. The largest absolute Gasteiger partial charge is 0.467 e. The number of fused-ring (bicyclic) bond motifs is 1. The highest BCUT2D eigenvalue weighted by Gasteiger charge is 2.14. The van der Waals surface area contributed by atoms with Crippen LogP contribution in [0.3, 0.4) is 0 Å². The third-order valence-corrected chi connectivity index (χ3v) is 4.54. The molecule has 4 N–H and O–H groups in total. The van der Waals surface area contributed by atoms with Crippen molar-refractivity contribution < 1.29 is 9.21 Å². The predicted octanol–water partition coefficient (Wildman–Crippen LogP) is 2.39. The number of carbonyl (C=O) groups is 1. The number of para-hydroxylation sites is 1. The Kier molecular flexibility index (Phi) is 5.46. The van der Waals surface area contributed by atoms with E-state index in [9.17, 15) is 4.79 Å². The van der Waals surface area contributed by atoms with Gasteiger partial charge in [0.05, 0.1) is 23.0 Å². The average molecular weight is 375 g/mol. The van der Waals surface area contributed by atoms with Crippen LogP contribution in [0.2, 0.25) is 0 Å². The van der Waals surface area contributed by atoms with E-state index in [1.807, 2.05) is 30.3 Å². The number of benzene rings is 1. The number of aromatic nitrogens is 1. The monoisotopic (exact) mass is 375 g/mol. The van der Waals surface area contributed by atoms with Gasteiger partial charge in [-0.1, -0.05) is 23.5 Å². The number of hydrogen-bond acceptors (Lipinski definition) is 6. The van der Waals surface area contributed by atoms with Crippen molar-refractivity contribution >= 4 is 49.9 Å². The van der Waals surface area contributed by atoms with Gasteiger partial charge in [0.15, 0.2) is 10.2 Å². The summed E-state index contributed by atoms with van der Waals surface area (Å²) < 4.78 is 6.25. The summed E-state index contributed by atoms with van der Waals surface area (Å²) in [7, 11) is 0. The van der Waals surface area contributed by atoms with Gasteiger partial charge in [0.25, 0.3) is 5.91 Å². The zero-order chi connectivity index (χ0) is 17.6. The molecule has 9 heteroatoms. The fraction of sp³-hybridized carbons (Fsp3) is 0.188. The van der Waals surface area contributed by atoms with Crippen molar-refractivity contribution in [2.24, 2.45) is 0 Å². The van der Waals surface area contributed by atoms with Gasteiger partial charge in [0.1, 0.15) is 11.8 Å². The highest BCUT2D eigenvalue weighted by molar-refractivity contribution is 7.80. The Bertz CT molecular complexity index is 829. The molecule has 1 amide bonds. The van der Waals surface area contributed by atoms with Crippen LogP contribution in [0.5, 0.6) is 0 Å². The van der Waals surface area contributed by atoms with Gasteiger partial charge in [0, 0.05) is 0 Å². The zero-order valence-electron chi connectivity index (χ0n) is 13.4. The lowest BCUT2D eigenvalue weighted by Crippen LogP contribution is -2.50. The second-order valence-electron chi connectivity index (χ2n) is 5.23. The maximum atomic E-state index is 12.1. The molecule has 2 aromatic heterocycles. The molecule has 3 rings (SSSR count). The van der Waals surface area contributed by atoms with Crippen molar-refractivity contribution in [3.8, 4) is 0 Å². The highest BCUT2D eigenvalue weighted by atomic mass is 32.1. The van der Waals surface area contributed by atoms with Crippen LogP contribution >= 0.6 is 23.6 Å². The van der Waals surface area contributed by atoms with E-state index in [4.69, 9.17) is 16.6 Å². The van der Waals surface area contributed by atoms with Crippen LogP contribution in [0.25, 0.3) is 10.2 Å². The Morgan fingerprint density at radius 2 is 2.12 bits per heavy atom. The topological polar surface area (TPSA) is 91.2 Å². The molecule has 2 heterocycles. The molecule has 0 spiro atoms. The third kappa shape index (κ3) is 4.68. The summed E-state index contributed by atoms with van der Waals surface area (Å²) in [4.78, 5) is 16.6. The SMILES string of the molecule is C[C@@H](Nc1nc2ccccc2s1)C(=O)NNC(=S)NCc1ccco1. The zero-order valence-corrected chi connectivity index (χ0v) is 15.0. The molecule has 0 saturated heterocycles. The van der Waals surface area contributed by atoms with E-state index in [0.29, 0.717) is 16.8 Å². The van der Waals surface area contributed by atoms with E-state index in [-0.39, 0.29) is 5.91 Å². The Hall–Kier alpha value is -2.65. The number of furan rings is 1. The quantitative estimate of drug-likeness (QED) is 0.402. The van der Waals surface area contributed by atoms with Crippen LogP contribution in [0, 0.1) is 0 Å². The number of carbonyl (C=O) groups excluding carboxylic acids is 1. The molecule has 7 nitrogen and oxygen atoms in total. The Balaban J connectivity index is 1.44. The lowest BCUT2D eigenvalue weighted by molar-refractivity contribution is -0.122. The first kappa shape index (κ1) is 17.2. The molecule has 0 fully saturated rings. The minimum atomic E-state index is -0.471. The summed E-state index contributed by atoms with van der Waals surface area (Å²) in [5.74, 6) is 0.503. The van der Waals surface area contributed by atoms with Crippen LogP contribution in [-0.4, -0.2) is 22.0 Å². The third-order valence-electron chi connectivity index (χ3n) is 3.33. The van der Waals surface area contributed by atoms with Gasteiger partial charge >= 0.3 is 0 Å². The molecule has 0 radical (unpaired) electrons. The molecule has 1 aromatic carbocycles. The molecule has 0 aliphatic carbocycles. The van der Waals surface area contributed by atoms with Crippen molar-refractivity contribution in [1.29, 1.82) is 0 Å². The number of amides is 1. The van der Waals surface area contributed by atoms with Gasteiger partial charge in [-0.2, -0.15) is 0 Å². The molecule has 0 bridgehead atoms. The highest BCUT2D eigenvalue weighted by Crippen LogP contribution is 2.25.